The highest BCUT2D eigenvalue weighted by Crippen LogP contribution is 2.27. The van der Waals surface area contributed by atoms with Gasteiger partial charge in [0.05, 0.1) is 21.3 Å². The number of amides is 2. The molecule has 0 spiro atoms. The zero-order valence-electron chi connectivity index (χ0n) is 12.6. The predicted molar refractivity (Wildman–Crippen MR) is 103 cm³/mol. The molecule has 2 N–H and O–H groups in total. The monoisotopic (exact) mass is 410 g/mol. The van der Waals surface area contributed by atoms with E-state index in [0.717, 1.165) is 0 Å². The lowest BCUT2D eigenvalue weighted by molar-refractivity contribution is -0.113. The fraction of sp³-hybridized carbons (Fsp3) is 0.0667. The summed E-state index contributed by atoms with van der Waals surface area (Å²) >= 11 is 9.80. The van der Waals surface area contributed by atoms with Gasteiger partial charge in [-0.1, -0.05) is 52.9 Å². The number of nitrogens with zero attached hydrogens (tertiary/aromatic N) is 2. The number of hydrogen-bond acceptors (Lipinski definition) is 7. The van der Waals surface area contributed by atoms with Gasteiger partial charge in [0.1, 0.15) is 0 Å². The van der Waals surface area contributed by atoms with E-state index >= 15 is 0 Å². The van der Waals surface area contributed by atoms with Crippen LogP contribution in [-0.4, -0.2) is 27.8 Å². The molecule has 1 aromatic carbocycles. The minimum atomic E-state index is -0.223. The van der Waals surface area contributed by atoms with Crippen molar-refractivity contribution in [1.82, 2.24) is 10.2 Å². The molecule has 2 amide bonds. The Morgan fingerprint density at radius 2 is 1.96 bits per heavy atom. The van der Waals surface area contributed by atoms with E-state index in [0.29, 0.717) is 25.1 Å². The summed E-state index contributed by atoms with van der Waals surface area (Å²) in [5.41, 5.74) is 0.566. The number of aromatic nitrogens is 2. The maximum Gasteiger partial charge on any atom is 0.267 e. The summed E-state index contributed by atoms with van der Waals surface area (Å²) < 4.78 is 0.593. The molecule has 0 saturated heterocycles. The Morgan fingerprint density at radius 1 is 1.12 bits per heavy atom. The van der Waals surface area contributed by atoms with Crippen molar-refractivity contribution in [2.24, 2.45) is 0 Å². The van der Waals surface area contributed by atoms with Gasteiger partial charge in [0.15, 0.2) is 4.34 Å². The molecule has 0 aliphatic heterocycles. The molecule has 128 valence electrons. The molecule has 0 unspecified atom stereocenters. The van der Waals surface area contributed by atoms with Crippen LogP contribution in [0.5, 0.6) is 0 Å². The largest absolute Gasteiger partial charge is 0.324 e. The van der Waals surface area contributed by atoms with E-state index in [4.69, 9.17) is 11.6 Å². The van der Waals surface area contributed by atoms with Crippen LogP contribution < -0.4 is 10.6 Å². The van der Waals surface area contributed by atoms with Gasteiger partial charge in [-0.2, -0.15) is 0 Å². The third kappa shape index (κ3) is 5.02. The van der Waals surface area contributed by atoms with E-state index in [1.54, 1.807) is 36.4 Å². The molecule has 25 heavy (non-hydrogen) atoms. The Bertz CT molecular complexity index is 883. The van der Waals surface area contributed by atoms with Crippen molar-refractivity contribution in [3.63, 3.8) is 0 Å². The van der Waals surface area contributed by atoms with Crippen LogP contribution in [0.2, 0.25) is 5.02 Å². The third-order valence-electron chi connectivity index (χ3n) is 2.85. The lowest BCUT2D eigenvalue weighted by atomic mass is 10.3. The summed E-state index contributed by atoms with van der Waals surface area (Å²) in [4.78, 5) is 24.5. The first-order valence-electron chi connectivity index (χ1n) is 6.97. The number of halogens is 1. The molecule has 0 atom stereocenters. The SMILES string of the molecule is O=C(CSc1nnc(NC(=O)c2cccs2)s1)Nc1ccccc1Cl. The normalized spacial score (nSPS) is 10.4. The van der Waals surface area contributed by atoms with Gasteiger partial charge in [0.2, 0.25) is 11.0 Å². The van der Waals surface area contributed by atoms with E-state index < -0.39 is 0 Å². The summed E-state index contributed by atoms with van der Waals surface area (Å²) in [6.45, 7) is 0. The number of carbonyl (C=O) groups is 2. The van der Waals surface area contributed by atoms with Gasteiger partial charge >= 0.3 is 0 Å². The van der Waals surface area contributed by atoms with Crippen LogP contribution in [0.4, 0.5) is 10.8 Å². The Hall–Kier alpha value is -1.94. The van der Waals surface area contributed by atoms with Crippen molar-refractivity contribution < 1.29 is 9.59 Å². The van der Waals surface area contributed by atoms with Crippen molar-refractivity contribution in [3.05, 3.63) is 51.7 Å². The van der Waals surface area contributed by atoms with Gasteiger partial charge in [-0.15, -0.1) is 21.5 Å². The molecule has 0 bridgehead atoms. The first kappa shape index (κ1) is 17.9. The highest BCUT2D eigenvalue weighted by Gasteiger charge is 2.12. The summed E-state index contributed by atoms with van der Waals surface area (Å²) in [5.74, 6) is -0.254. The molecule has 0 radical (unpaired) electrons. The number of hydrogen-bond donors (Lipinski definition) is 2. The van der Waals surface area contributed by atoms with Crippen LogP contribution in [-0.2, 0) is 4.79 Å². The number of para-hydroxylation sites is 1. The molecule has 6 nitrogen and oxygen atoms in total. The number of thiophene rings is 1. The molecular formula is C15H11ClN4O2S3. The van der Waals surface area contributed by atoms with Crippen LogP contribution in [0.3, 0.4) is 0 Å². The summed E-state index contributed by atoms with van der Waals surface area (Å²) in [5, 5.41) is 16.0. The van der Waals surface area contributed by atoms with Crippen molar-refractivity contribution >= 4 is 68.7 Å². The Labute approximate surface area is 160 Å². The zero-order valence-corrected chi connectivity index (χ0v) is 15.8. The van der Waals surface area contributed by atoms with E-state index in [2.05, 4.69) is 20.8 Å². The lowest BCUT2D eigenvalue weighted by Crippen LogP contribution is -2.14. The van der Waals surface area contributed by atoms with Crippen LogP contribution in [0.1, 0.15) is 9.67 Å². The number of thioether (sulfide) groups is 1. The van der Waals surface area contributed by atoms with E-state index in [9.17, 15) is 9.59 Å². The second-order valence-corrected chi connectivity index (χ2v) is 8.18. The first-order valence-corrected chi connectivity index (χ1v) is 10.0. The highest BCUT2D eigenvalue weighted by atomic mass is 35.5. The number of rotatable bonds is 6. The van der Waals surface area contributed by atoms with Gasteiger partial charge in [0.25, 0.3) is 5.91 Å². The minimum absolute atomic E-state index is 0.165. The first-order chi connectivity index (χ1) is 12.1. The number of nitrogens with one attached hydrogen (secondary N) is 2. The van der Waals surface area contributed by atoms with E-state index in [-0.39, 0.29) is 17.6 Å². The van der Waals surface area contributed by atoms with Gasteiger partial charge < -0.3 is 5.32 Å². The number of carbonyl (C=O) groups excluding carboxylic acids is 2. The molecule has 0 saturated carbocycles. The molecule has 0 fully saturated rings. The Morgan fingerprint density at radius 3 is 2.72 bits per heavy atom. The third-order valence-corrected chi connectivity index (χ3v) is 6.02. The van der Waals surface area contributed by atoms with E-state index in [1.165, 1.54) is 34.4 Å². The molecular weight excluding hydrogens is 400 g/mol. The predicted octanol–water partition coefficient (Wildman–Crippen LogP) is 4.24. The van der Waals surface area contributed by atoms with Crippen molar-refractivity contribution in [3.8, 4) is 0 Å². The van der Waals surface area contributed by atoms with Crippen molar-refractivity contribution in [1.29, 1.82) is 0 Å². The van der Waals surface area contributed by atoms with Crippen LogP contribution in [0.15, 0.2) is 46.1 Å². The molecule has 2 aromatic heterocycles. The lowest BCUT2D eigenvalue weighted by Gasteiger charge is -2.05. The quantitative estimate of drug-likeness (QED) is 0.469. The van der Waals surface area contributed by atoms with Crippen LogP contribution in [0, 0.1) is 0 Å². The Balaban J connectivity index is 1.51. The maximum atomic E-state index is 12.0. The zero-order chi connectivity index (χ0) is 17.6. The summed E-state index contributed by atoms with van der Waals surface area (Å²) in [6.07, 6.45) is 0. The molecule has 0 aliphatic rings. The fourth-order valence-electron chi connectivity index (χ4n) is 1.76. The smallest absolute Gasteiger partial charge is 0.267 e. The average Bonchev–Trinajstić information content (AvgIpc) is 3.27. The molecule has 0 aliphatic carbocycles. The van der Waals surface area contributed by atoms with Crippen LogP contribution in [0.25, 0.3) is 0 Å². The second-order valence-electron chi connectivity index (χ2n) is 4.62. The fourth-order valence-corrected chi connectivity index (χ4v) is 4.11. The van der Waals surface area contributed by atoms with Crippen molar-refractivity contribution in [2.45, 2.75) is 4.34 Å². The van der Waals surface area contributed by atoms with Crippen LogP contribution >= 0.6 is 46.0 Å². The summed E-state index contributed by atoms with van der Waals surface area (Å²) in [7, 11) is 0. The minimum Gasteiger partial charge on any atom is -0.324 e. The average molecular weight is 411 g/mol. The topological polar surface area (TPSA) is 84.0 Å². The van der Waals surface area contributed by atoms with Gasteiger partial charge in [0, 0.05) is 0 Å². The maximum absolute atomic E-state index is 12.0. The van der Waals surface area contributed by atoms with Gasteiger partial charge in [-0.3, -0.25) is 14.9 Å². The number of benzene rings is 1. The summed E-state index contributed by atoms with van der Waals surface area (Å²) in [6, 6.07) is 10.6. The van der Waals surface area contributed by atoms with E-state index in [1.807, 2.05) is 5.38 Å². The number of anilines is 2. The molecule has 3 aromatic rings. The van der Waals surface area contributed by atoms with Gasteiger partial charge in [-0.25, -0.2) is 0 Å². The molecule has 2 heterocycles. The van der Waals surface area contributed by atoms with Gasteiger partial charge in [-0.05, 0) is 23.6 Å². The highest BCUT2D eigenvalue weighted by molar-refractivity contribution is 8.01. The standard InChI is InChI=1S/C15H11ClN4O2S3/c16-9-4-1-2-5-10(9)17-12(21)8-24-15-20-19-14(25-15)18-13(22)11-6-3-7-23-11/h1-7H,8H2,(H,17,21)(H,18,19,22). The second kappa shape index (κ2) is 8.43. The molecule has 10 heteroatoms. The van der Waals surface area contributed by atoms with Crippen molar-refractivity contribution in [2.75, 3.05) is 16.4 Å². The Kier molecular flexibility index (Phi) is 6.03. The molecule has 3 rings (SSSR count).